The number of hydrogen-bond donors (Lipinski definition) is 3. The summed E-state index contributed by atoms with van der Waals surface area (Å²) in [5, 5.41) is 17.6. The van der Waals surface area contributed by atoms with Gasteiger partial charge in [-0.05, 0) is 18.8 Å². The van der Waals surface area contributed by atoms with Gasteiger partial charge in [-0.15, -0.1) is 0 Å². The number of hydrogen-bond acceptors (Lipinski definition) is 3. The van der Waals surface area contributed by atoms with Crippen molar-refractivity contribution in [1.82, 2.24) is 0 Å². The first-order valence-electron chi connectivity index (χ1n) is 4.23. The number of aliphatic carboxylic acids is 2. The number of rotatable bonds is 2. The van der Waals surface area contributed by atoms with E-state index >= 15 is 0 Å². The van der Waals surface area contributed by atoms with E-state index in [1.807, 2.05) is 0 Å². The molecule has 1 unspecified atom stereocenters. The van der Waals surface area contributed by atoms with Gasteiger partial charge in [-0.3, -0.25) is 9.59 Å². The topological polar surface area (TPSA) is 101 Å². The van der Waals surface area contributed by atoms with E-state index in [9.17, 15) is 9.59 Å². The molecular weight excluding hydrogens is 174 g/mol. The SMILES string of the molecule is N[C@@]1(C(=O)O)CC[C@@H]2C1[C@H]2C(=O)O. The van der Waals surface area contributed by atoms with Crippen molar-refractivity contribution < 1.29 is 19.8 Å². The molecule has 2 saturated carbocycles. The van der Waals surface area contributed by atoms with Crippen LogP contribution in [0.15, 0.2) is 0 Å². The molecule has 4 atom stereocenters. The molecule has 0 amide bonds. The fourth-order valence-corrected chi connectivity index (χ4v) is 2.59. The lowest BCUT2D eigenvalue weighted by Crippen LogP contribution is -2.49. The van der Waals surface area contributed by atoms with Gasteiger partial charge in [-0.1, -0.05) is 0 Å². The Morgan fingerprint density at radius 1 is 1.38 bits per heavy atom. The number of carboxylic acids is 2. The van der Waals surface area contributed by atoms with E-state index in [4.69, 9.17) is 15.9 Å². The minimum Gasteiger partial charge on any atom is -0.481 e. The zero-order valence-electron chi connectivity index (χ0n) is 6.93. The van der Waals surface area contributed by atoms with E-state index < -0.39 is 23.4 Å². The predicted octanol–water partition coefficient (Wildman–Crippen LogP) is -0.491. The second-order valence-corrected chi connectivity index (χ2v) is 3.94. The van der Waals surface area contributed by atoms with Crippen LogP contribution in [0.25, 0.3) is 0 Å². The van der Waals surface area contributed by atoms with Gasteiger partial charge in [0.15, 0.2) is 0 Å². The Labute approximate surface area is 74.5 Å². The van der Waals surface area contributed by atoms with Crippen molar-refractivity contribution in [3.63, 3.8) is 0 Å². The molecule has 0 spiro atoms. The summed E-state index contributed by atoms with van der Waals surface area (Å²) in [6, 6.07) is 0. The molecule has 0 radical (unpaired) electrons. The highest BCUT2D eigenvalue weighted by atomic mass is 16.4. The van der Waals surface area contributed by atoms with Gasteiger partial charge in [0.05, 0.1) is 5.92 Å². The fraction of sp³-hybridized carbons (Fsp3) is 0.750. The molecule has 0 aromatic heterocycles. The van der Waals surface area contributed by atoms with Gasteiger partial charge < -0.3 is 15.9 Å². The molecule has 5 nitrogen and oxygen atoms in total. The van der Waals surface area contributed by atoms with Crippen LogP contribution in [0.1, 0.15) is 12.8 Å². The lowest BCUT2D eigenvalue weighted by Gasteiger charge is -2.20. The van der Waals surface area contributed by atoms with Crippen molar-refractivity contribution in [1.29, 1.82) is 0 Å². The Morgan fingerprint density at radius 2 is 2.00 bits per heavy atom. The molecule has 2 fully saturated rings. The van der Waals surface area contributed by atoms with Gasteiger partial charge in [0.2, 0.25) is 0 Å². The highest BCUT2D eigenvalue weighted by molar-refractivity contribution is 5.85. The van der Waals surface area contributed by atoms with Gasteiger partial charge in [-0.25, -0.2) is 0 Å². The minimum absolute atomic E-state index is 0.00130. The lowest BCUT2D eigenvalue weighted by atomic mass is 9.92. The van der Waals surface area contributed by atoms with Crippen LogP contribution >= 0.6 is 0 Å². The molecule has 0 heterocycles. The normalized spacial score (nSPS) is 47.0. The average molecular weight is 185 g/mol. The summed E-state index contributed by atoms with van der Waals surface area (Å²) in [6.07, 6.45) is 1.03. The van der Waals surface area contributed by atoms with E-state index in [0.717, 1.165) is 0 Å². The molecule has 2 rings (SSSR count). The van der Waals surface area contributed by atoms with Gasteiger partial charge in [0.1, 0.15) is 5.54 Å². The summed E-state index contributed by atoms with van der Waals surface area (Å²) in [5.41, 5.74) is 4.37. The van der Waals surface area contributed by atoms with Crippen LogP contribution in [0.5, 0.6) is 0 Å². The second kappa shape index (κ2) is 2.23. The Kier molecular flexibility index (Phi) is 1.46. The third-order valence-corrected chi connectivity index (χ3v) is 3.34. The first-order chi connectivity index (χ1) is 5.98. The smallest absolute Gasteiger partial charge is 0.324 e. The maximum Gasteiger partial charge on any atom is 0.324 e. The summed E-state index contributed by atoms with van der Waals surface area (Å²) in [4.78, 5) is 21.4. The third-order valence-electron chi connectivity index (χ3n) is 3.34. The summed E-state index contributed by atoms with van der Waals surface area (Å²) >= 11 is 0. The van der Waals surface area contributed by atoms with Crippen molar-refractivity contribution in [3.8, 4) is 0 Å². The first-order valence-corrected chi connectivity index (χ1v) is 4.23. The van der Waals surface area contributed by atoms with Gasteiger partial charge in [0.25, 0.3) is 0 Å². The van der Waals surface area contributed by atoms with Crippen LogP contribution in [-0.4, -0.2) is 27.7 Å². The molecule has 2 aliphatic rings. The summed E-state index contributed by atoms with van der Waals surface area (Å²) in [7, 11) is 0. The second-order valence-electron chi connectivity index (χ2n) is 3.94. The summed E-state index contributed by atoms with van der Waals surface area (Å²) < 4.78 is 0. The van der Waals surface area contributed by atoms with Crippen molar-refractivity contribution in [2.45, 2.75) is 18.4 Å². The predicted molar refractivity (Wildman–Crippen MR) is 41.9 cm³/mol. The summed E-state index contributed by atoms with van der Waals surface area (Å²) in [6.45, 7) is 0. The molecule has 0 aromatic carbocycles. The van der Waals surface area contributed by atoms with E-state index in [2.05, 4.69) is 0 Å². The molecule has 72 valence electrons. The monoisotopic (exact) mass is 185 g/mol. The highest BCUT2D eigenvalue weighted by Gasteiger charge is 2.69. The van der Waals surface area contributed by atoms with E-state index in [1.54, 1.807) is 0 Å². The number of carboxylic acid groups (broad SMARTS) is 2. The fourth-order valence-electron chi connectivity index (χ4n) is 2.59. The Balaban J connectivity index is 2.20. The molecule has 2 aliphatic carbocycles. The highest BCUT2D eigenvalue weighted by Crippen LogP contribution is 2.61. The van der Waals surface area contributed by atoms with Crippen LogP contribution in [0.4, 0.5) is 0 Å². The molecule has 13 heavy (non-hydrogen) atoms. The lowest BCUT2D eigenvalue weighted by molar-refractivity contribution is -0.145. The maximum absolute atomic E-state index is 10.8. The van der Waals surface area contributed by atoms with Crippen LogP contribution in [0.3, 0.4) is 0 Å². The van der Waals surface area contributed by atoms with Crippen molar-refractivity contribution in [3.05, 3.63) is 0 Å². The van der Waals surface area contributed by atoms with Crippen LogP contribution in [-0.2, 0) is 9.59 Å². The molecule has 4 N–H and O–H groups in total. The summed E-state index contributed by atoms with van der Waals surface area (Å²) in [5.74, 6) is -2.84. The molecule has 5 heteroatoms. The molecule has 0 aliphatic heterocycles. The van der Waals surface area contributed by atoms with Crippen molar-refractivity contribution >= 4 is 11.9 Å². The third kappa shape index (κ3) is 0.904. The Hall–Kier alpha value is -1.10. The zero-order chi connectivity index (χ0) is 9.80. The van der Waals surface area contributed by atoms with E-state index in [-0.39, 0.29) is 11.8 Å². The van der Waals surface area contributed by atoms with Gasteiger partial charge >= 0.3 is 11.9 Å². The Morgan fingerprint density at radius 3 is 2.38 bits per heavy atom. The van der Waals surface area contributed by atoms with E-state index in [1.165, 1.54) is 0 Å². The number of carbonyl (C=O) groups is 2. The maximum atomic E-state index is 10.8. The van der Waals surface area contributed by atoms with Crippen molar-refractivity contribution in [2.24, 2.45) is 23.5 Å². The first kappa shape index (κ1) is 8.50. The van der Waals surface area contributed by atoms with E-state index in [0.29, 0.717) is 12.8 Å². The number of fused-ring (bicyclic) bond motifs is 1. The van der Waals surface area contributed by atoms with Crippen LogP contribution < -0.4 is 5.73 Å². The molecular formula is C8H11NO4. The largest absolute Gasteiger partial charge is 0.481 e. The quantitative estimate of drug-likeness (QED) is 0.539. The molecule has 0 bridgehead atoms. The number of nitrogens with two attached hydrogens (primary N) is 1. The van der Waals surface area contributed by atoms with Crippen molar-refractivity contribution in [2.75, 3.05) is 0 Å². The van der Waals surface area contributed by atoms with Crippen LogP contribution in [0.2, 0.25) is 0 Å². The van der Waals surface area contributed by atoms with Crippen LogP contribution in [0, 0.1) is 17.8 Å². The zero-order valence-corrected chi connectivity index (χ0v) is 6.93. The molecule has 0 aromatic rings. The Bertz CT molecular complexity index is 290. The minimum atomic E-state index is -1.28. The molecule has 0 saturated heterocycles. The van der Waals surface area contributed by atoms with Gasteiger partial charge in [-0.2, -0.15) is 0 Å². The average Bonchev–Trinajstić information content (AvgIpc) is 2.66. The standard InChI is InChI=1S/C8H11NO4/c9-8(7(12)13)2-1-3-4(5(3)8)6(10)11/h3-5H,1-2,9H2,(H,10,11)(H,12,13)/t3-,4-,5?,8-/m0/s1. The van der Waals surface area contributed by atoms with Gasteiger partial charge in [0, 0.05) is 5.92 Å².